The molecule has 2 aliphatic carbocycles. The Balaban J connectivity index is 1.50. The van der Waals surface area contributed by atoms with E-state index in [-0.39, 0.29) is 5.54 Å². The molecule has 0 unspecified atom stereocenters. The number of nitrogens with one attached hydrogen (secondary N) is 1. The van der Waals surface area contributed by atoms with Crippen molar-refractivity contribution in [3.63, 3.8) is 0 Å². The van der Waals surface area contributed by atoms with Crippen LogP contribution in [-0.4, -0.2) is 31.3 Å². The minimum absolute atomic E-state index is 0.0195. The Morgan fingerprint density at radius 3 is 2.76 bits per heavy atom. The second kappa shape index (κ2) is 6.41. The fourth-order valence-corrected chi connectivity index (χ4v) is 3.70. The molecule has 0 spiro atoms. The number of nitrogens with zero attached hydrogens (tertiary/aromatic N) is 4. The van der Waals surface area contributed by atoms with Gasteiger partial charge in [-0.1, -0.05) is 0 Å². The lowest BCUT2D eigenvalue weighted by molar-refractivity contribution is 0.305. The molecule has 2 aliphatic rings. The lowest BCUT2D eigenvalue weighted by Crippen LogP contribution is -2.43. The predicted octanol–water partition coefficient (Wildman–Crippen LogP) is 2.90. The lowest BCUT2D eigenvalue weighted by Gasteiger charge is -2.34. The van der Waals surface area contributed by atoms with E-state index >= 15 is 0 Å². The summed E-state index contributed by atoms with van der Waals surface area (Å²) in [4.78, 5) is 9.19. The van der Waals surface area contributed by atoms with Gasteiger partial charge in [0.05, 0.1) is 11.9 Å². The lowest BCUT2D eigenvalue weighted by atomic mass is 9.82. The van der Waals surface area contributed by atoms with Crippen molar-refractivity contribution in [1.82, 2.24) is 19.7 Å². The number of aryl methyl sites for hydroxylation is 1. The number of rotatable bonds is 5. The normalized spacial score (nSPS) is 26.6. The summed E-state index contributed by atoms with van der Waals surface area (Å²) in [6.45, 7) is 2.14. The third kappa shape index (κ3) is 3.84. The van der Waals surface area contributed by atoms with Crippen LogP contribution in [0.5, 0.6) is 0 Å². The number of aromatic nitrogens is 4. The highest BCUT2D eigenvalue weighted by Gasteiger charge is 2.28. The van der Waals surface area contributed by atoms with Crippen molar-refractivity contribution in [2.45, 2.75) is 63.5 Å². The van der Waals surface area contributed by atoms with Gasteiger partial charge in [-0.25, -0.2) is 9.97 Å². The van der Waals surface area contributed by atoms with Gasteiger partial charge >= 0.3 is 0 Å². The van der Waals surface area contributed by atoms with Crippen LogP contribution in [0.15, 0.2) is 18.5 Å². The molecule has 6 heteroatoms. The molecule has 0 atom stereocenters. The molecule has 2 aromatic rings. The van der Waals surface area contributed by atoms with Gasteiger partial charge in [-0.3, -0.25) is 4.68 Å². The molecule has 25 heavy (non-hydrogen) atoms. The maximum absolute atomic E-state index is 6.23. The average Bonchev–Trinajstić information content (AvgIpc) is 3.33. The van der Waals surface area contributed by atoms with E-state index in [1.165, 1.54) is 18.5 Å². The van der Waals surface area contributed by atoms with E-state index in [4.69, 9.17) is 10.7 Å². The summed E-state index contributed by atoms with van der Waals surface area (Å²) in [5, 5.41) is 7.96. The van der Waals surface area contributed by atoms with Crippen LogP contribution in [0.3, 0.4) is 0 Å². The van der Waals surface area contributed by atoms with E-state index in [9.17, 15) is 0 Å². The van der Waals surface area contributed by atoms with Crippen LogP contribution >= 0.6 is 0 Å². The molecule has 6 nitrogen and oxygen atoms in total. The smallest absolute Gasteiger partial charge is 0.223 e. The second-order valence-electron chi connectivity index (χ2n) is 8.11. The van der Waals surface area contributed by atoms with Gasteiger partial charge in [0.2, 0.25) is 5.95 Å². The molecule has 4 rings (SSSR count). The van der Waals surface area contributed by atoms with Crippen molar-refractivity contribution in [3.05, 3.63) is 24.2 Å². The van der Waals surface area contributed by atoms with Crippen LogP contribution in [0.1, 0.15) is 51.1 Å². The predicted molar refractivity (Wildman–Crippen MR) is 99.1 cm³/mol. The molecule has 3 N–H and O–H groups in total. The van der Waals surface area contributed by atoms with Gasteiger partial charge < -0.3 is 11.1 Å². The highest BCUT2D eigenvalue weighted by molar-refractivity contribution is 5.62. The standard InChI is InChI=1S/C19H28N6/c1-19(20)8-5-14(6-9-19)23-18-21-10-7-16(24-18)15-12-22-25(2)17(15)11-13-3-4-13/h7,10,12-14H,3-6,8-9,11,20H2,1-2H3,(H,21,23,24). The Morgan fingerprint density at radius 1 is 1.28 bits per heavy atom. The van der Waals surface area contributed by atoms with Crippen molar-refractivity contribution >= 4 is 5.95 Å². The highest BCUT2D eigenvalue weighted by atomic mass is 15.3. The summed E-state index contributed by atoms with van der Waals surface area (Å²) in [5.74, 6) is 1.53. The minimum atomic E-state index is -0.0195. The van der Waals surface area contributed by atoms with E-state index in [0.717, 1.165) is 49.3 Å². The third-order valence-electron chi connectivity index (χ3n) is 5.63. The fraction of sp³-hybridized carbons (Fsp3) is 0.632. The summed E-state index contributed by atoms with van der Waals surface area (Å²) >= 11 is 0. The highest BCUT2D eigenvalue weighted by Crippen LogP contribution is 2.35. The van der Waals surface area contributed by atoms with Crippen molar-refractivity contribution in [3.8, 4) is 11.3 Å². The Kier molecular flexibility index (Phi) is 4.23. The number of hydrogen-bond acceptors (Lipinski definition) is 5. The monoisotopic (exact) mass is 340 g/mol. The SMILES string of the molecule is Cn1ncc(-c2ccnc(NC3CCC(C)(N)CC3)n2)c1CC1CC1. The zero-order valence-electron chi connectivity index (χ0n) is 15.2. The van der Waals surface area contributed by atoms with E-state index < -0.39 is 0 Å². The quantitative estimate of drug-likeness (QED) is 0.874. The van der Waals surface area contributed by atoms with Crippen LogP contribution in [0.4, 0.5) is 5.95 Å². The molecule has 0 amide bonds. The van der Waals surface area contributed by atoms with E-state index in [2.05, 4.69) is 22.3 Å². The molecule has 0 saturated heterocycles. The first-order valence-corrected chi connectivity index (χ1v) is 9.40. The van der Waals surface area contributed by atoms with Gasteiger partial charge in [0.15, 0.2) is 0 Å². The van der Waals surface area contributed by atoms with Crippen LogP contribution in [-0.2, 0) is 13.5 Å². The van der Waals surface area contributed by atoms with Crippen molar-refractivity contribution in [2.75, 3.05) is 5.32 Å². The maximum Gasteiger partial charge on any atom is 0.223 e. The number of anilines is 1. The third-order valence-corrected chi connectivity index (χ3v) is 5.63. The Hall–Kier alpha value is -1.95. The first kappa shape index (κ1) is 16.5. The topological polar surface area (TPSA) is 81.7 Å². The molecule has 0 bridgehead atoms. The number of hydrogen-bond donors (Lipinski definition) is 2. The molecule has 134 valence electrons. The van der Waals surface area contributed by atoms with Gasteiger partial charge in [-0.05, 0) is 63.9 Å². The van der Waals surface area contributed by atoms with Crippen LogP contribution < -0.4 is 11.1 Å². The summed E-state index contributed by atoms with van der Waals surface area (Å²) in [7, 11) is 2.02. The first-order valence-electron chi connectivity index (χ1n) is 9.40. The second-order valence-corrected chi connectivity index (χ2v) is 8.11. The summed E-state index contributed by atoms with van der Waals surface area (Å²) in [6, 6.07) is 2.39. The molecule has 2 heterocycles. The van der Waals surface area contributed by atoms with Crippen molar-refractivity contribution < 1.29 is 0 Å². The Labute approximate surface area is 149 Å². The molecular weight excluding hydrogens is 312 g/mol. The molecule has 0 aliphatic heterocycles. The minimum Gasteiger partial charge on any atom is -0.351 e. The van der Waals surface area contributed by atoms with Crippen LogP contribution in [0.25, 0.3) is 11.3 Å². The van der Waals surface area contributed by atoms with Crippen LogP contribution in [0.2, 0.25) is 0 Å². The van der Waals surface area contributed by atoms with E-state index in [1.54, 1.807) is 0 Å². The van der Waals surface area contributed by atoms with Gasteiger partial charge in [0.25, 0.3) is 0 Å². The summed E-state index contributed by atoms with van der Waals surface area (Å²) in [6.07, 6.45) is 11.8. The summed E-state index contributed by atoms with van der Waals surface area (Å²) in [5.41, 5.74) is 9.59. The first-order chi connectivity index (χ1) is 12.0. The molecule has 2 fully saturated rings. The Morgan fingerprint density at radius 2 is 2.04 bits per heavy atom. The molecule has 0 aromatic carbocycles. The van der Waals surface area contributed by atoms with Gasteiger partial charge in [0.1, 0.15) is 0 Å². The number of nitrogens with two attached hydrogens (primary N) is 1. The van der Waals surface area contributed by atoms with E-state index in [0.29, 0.717) is 12.0 Å². The molecule has 2 saturated carbocycles. The zero-order valence-corrected chi connectivity index (χ0v) is 15.2. The molecule has 2 aromatic heterocycles. The van der Waals surface area contributed by atoms with Gasteiger partial charge in [0, 0.05) is 36.1 Å². The maximum atomic E-state index is 6.23. The summed E-state index contributed by atoms with van der Waals surface area (Å²) < 4.78 is 1.99. The van der Waals surface area contributed by atoms with Crippen molar-refractivity contribution in [1.29, 1.82) is 0 Å². The van der Waals surface area contributed by atoms with Crippen LogP contribution in [0, 0.1) is 5.92 Å². The van der Waals surface area contributed by atoms with Crippen molar-refractivity contribution in [2.24, 2.45) is 18.7 Å². The van der Waals surface area contributed by atoms with E-state index in [1.807, 2.05) is 30.2 Å². The van der Waals surface area contributed by atoms with Gasteiger partial charge in [-0.2, -0.15) is 5.10 Å². The average molecular weight is 340 g/mol. The fourth-order valence-electron chi connectivity index (χ4n) is 3.70. The molecule has 0 radical (unpaired) electrons. The molecular formula is C19H28N6. The zero-order chi connectivity index (χ0) is 17.4. The largest absolute Gasteiger partial charge is 0.351 e. The van der Waals surface area contributed by atoms with Gasteiger partial charge in [-0.15, -0.1) is 0 Å². The Bertz CT molecular complexity index is 736.